The summed E-state index contributed by atoms with van der Waals surface area (Å²) in [6.07, 6.45) is 2.08. The number of para-hydroxylation sites is 2. The summed E-state index contributed by atoms with van der Waals surface area (Å²) in [6.45, 7) is 2.54. The molecule has 3 rings (SSSR count). The minimum Gasteiger partial charge on any atom is -0.435 e. The van der Waals surface area contributed by atoms with Crippen molar-refractivity contribution in [3.8, 4) is 5.75 Å². The second-order valence-corrected chi connectivity index (χ2v) is 4.72. The summed E-state index contributed by atoms with van der Waals surface area (Å²) in [5.74, 6) is 0.959. The van der Waals surface area contributed by atoms with Crippen LogP contribution in [-0.2, 0) is 0 Å². The van der Waals surface area contributed by atoms with Gasteiger partial charge < -0.3 is 4.74 Å². The molecule has 2 aromatic rings. The summed E-state index contributed by atoms with van der Waals surface area (Å²) in [5.41, 5.74) is 3.20. The normalized spacial score (nSPS) is 13.6. The molecule has 2 aromatic carbocycles. The Balaban J connectivity index is 2.10. The Morgan fingerprint density at radius 1 is 1.11 bits per heavy atom. The van der Waals surface area contributed by atoms with Crippen LogP contribution in [0.3, 0.4) is 0 Å². The Kier molecular flexibility index (Phi) is 2.80. The lowest BCUT2D eigenvalue weighted by molar-refractivity contribution is -0.476. The molecule has 3 heteroatoms. The van der Waals surface area contributed by atoms with Crippen molar-refractivity contribution in [1.82, 2.24) is 0 Å². The summed E-state index contributed by atoms with van der Waals surface area (Å²) in [7, 11) is 0. The van der Waals surface area contributed by atoms with Crippen molar-refractivity contribution in [2.24, 2.45) is 0 Å². The van der Waals surface area contributed by atoms with Gasteiger partial charge in [0.1, 0.15) is 10.8 Å². The van der Waals surface area contributed by atoms with Gasteiger partial charge in [0.05, 0.1) is 5.56 Å². The second-order valence-electron chi connectivity index (χ2n) is 4.32. The molecule has 2 nitrogen and oxygen atoms in total. The van der Waals surface area contributed by atoms with Gasteiger partial charge in [0.25, 0.3) is 6.73 Å². The highest BCUT2D eigenvalue weighted by Crippen LogP contribution is 2.29. The molecule has 0 unspecified atom stereocenters. The average molecular weight is 259 g/mol. The lowest BCUT2D eigenvalue weighted by Gasteiger charge is -2.15. The summed E-state index contributed by atoms with van der Waals surface area (Å²) < 4.78 is 7.83. The molecule has 0 amide bonds. The van der Waals surface area contributed by atoms with E-state index in [9.17, 15) is 0 Å². The van der Waals surface area contributed by atoms with Crippen LogP contribution in [0.25, 0.3) is 0 Å². The summed E-state index contributed by atoms with van der Waals surface area (Å²) in [5, 5.41) is 0.730. The van der Waals surface area contributed by atoms with Crippen molar-refractivity contribution in [3.63, 3.8) is 0 Å². The Labute approximate surface area is 111 Å². The molecule has 0 spiro atoms. The van der Waals surface area contributed by atoms with Crippen LogP contribution in [0.1, 0.15) is 11.1 Å². The zero-order chi connectivity index (χ0) is 12.5. The Bertz CT molecular complexity index is 634. The highest BCUT2D eigenvalue weighted by Gasteiger charge is 2.21. The Morgan fingerprint density at radius 3 is 2.78 bits per heavy atom. The molecule has 0 saturated heterocycles. The zero-order valence-corrected chi connectivity index (χ0v) is 10.8. The number of aryl methyl sites for hydroxylation is 1. The fourth-order valence-electron chi connectivity index (χ4n) is 2.14. The molecule has 1 heterocycles. The first kappa shape index (κ1) is 11.3. The number of ether oxygens (including phenoxy) is 1. The van der Waals surface area contributed by atoms with E-state index in [2.05, 4.69) is 19.2 Å². The second kappa shape index (κ2) is 4.46. The average Bonchev–Trinajstić information content (AvgIpc) is 2.39. The van der Waals surface area contributed by atoms with Gasteiger partial charge in [-0.3, -0.25) is 0 Å². The zero-order valence-electron chi connectivity index (χ0n) is 10.1. The predicted molar refractivity (Wildman–Crippen MR) is 73.2 cm³/mol. The Hall–Kier alpha value is -1.80. The molecule has 0 saturated carbocycles. The number of fused-ring (bicyclic) bond motifs is 1. The van der Waals surface area contributed by atoms with E-state index in [0.717, 1.165) is 27.6 Å². The maximum absolute atomic E-state index is 6.20. The first-order valence-electron chi connectivity index (χ1n) is 5.84. The van der Waals surface area contributed by atoms with Crippen molar-refractivity contribution in [2.45, 2.75) is 6.92 Å². The van der Waals surface area contributed by atoms with Crippen molar-refractivity contribution in [1.29, 1.82) is 0 Å². The lowest BCUT2D eigenvalue weighted by Crippen LogP contribution is -2.21. The van der Waals surface area contributed by atoms with Crippen molar-refractivity contribution in [3.05, 3.63) is 58.6 Å². The third kappa shape index (κ3) is 1.89. The molecule has 0 N–H and O–H groups in total. The molecule has 0 atom stereocenters. The van der Waals surface area contributed by atoms with E-state index in [1.54, 1.807) is 0 Å². The minimum absolute atomic E-state index is 0.488. The molecule has 0 aliphatic carbocycles. The number of halogens is 1. The molecular weight excluding hydrogens is 246 g/mol. The van der Waals surface area contributed by atoms with Gasteiger partial charge in [-0.25, -0.2) is 0 Å². The molecule has 0 fully saturated rings. The first-order chi connectivity index (χ1) is 8.75. The van der Waals surface area contributed by atoms with E-state index in [-0.39, 0.29) is 0 Å². The van der Waals surface area contributed by atoms with E-state index in [4.69, 9.17) is 16.3 Å². The van der Waals surface area contributed by atoms with E-state index >= 15 is 0 Å². The quantitative estimate of drug-likeness (QED) is 0.710. The molecule has 0 aromatic heterocycles. The van der Waals surface area contributed by atoms with Crippen LogP contribution in [0.5, 0.6) is 5.75 Å². The van der Waals surface area contributed by atoms with Crippen LogP contribution in [0, 0.1) is 6.92 Å². The molecule has 0 radical (unpaired) electrons. The summed E-state index contributed by atoms with van der Waals surface area (Å²) in [6, 6.07) is 13.9. The van der Waals surface area contributed by atoms with Gasteiger partial charge in [-0.15, -0.1) is 0 Å². The van der Waals surface area contributed by atoms with Crippen LogP contribution in [0.2, 0.25) is 5.02 Å². The van der Waals surface area contributed by atoms with E-state index < -0.39 is 0 Å². The summed E-state index contributed by atoms with van der Waals surface area (Å²) in [4.78, 5) is 0. The third-order valence-corrected chi connectivity index (χ3v) is 3.37. The number of hydrogen-bond acceptors (Lipinski definition) is 1. The highest BCUT2D eigenvalue weighted by molar-refractivity contribution is 6.32. The third-order valence-electron chi connectivity index (χ3n) is 3.05. The molecular formula is C15H13ClNO+. The topological polar surface area (TPSA) is 12.2 Å². The standard InChI is InChI=1S/C15H13ClNO/c1-11-5-4-6-12-9-17(10-18-15(11)12)14-8-3-2-7-13(14)16/h2-9H,10H2,1H3/q+1. The van der Waals surface area contributed by atoms with Crippen LogP contribution in [0.15, 0.2) is 42.5 Å². The van der Waals surface area contributed by atoms with Gasteiger partial charge in [-0.05, 0) is 24.6 Å². The smallest absolute Gasteiger partial charge is 0.292 e. The van der Waals surface area contributed by atoms with Crippen LogP contribution < -0.4 is 4.74 Å². The SMILES string of the molecule is Cc1cccc2c1OC[N+](c1ccccc1Cl)=C2. The number of nitrogens with zero attached hydrogens (tertiary/aromatic N) is 1. The monoisotopic (exact) mass is 258 g/mol. The fraction of sp³-hybridized carbons (Fsp3) is 0.133. The van der Waals surface area contributed by atoms with Gasteiger partial charge in [0, 0.05) is 6.07 Å². The molecule has 18 heavy (non-hydrogen) atoms. The van der Waals surface area contributed by atoms with Gasteiger partial charge in [0.2, 0.25) is 5.69 Å². The van der Waals surface area contributed by atoms with Crippen molar-refractivity contribution >= 4 is 23.5 Å². The highest BCUT2D eigenvalue weighted by atomic mass is 35.5. The van der Waals surface area contributed by atoms with Crippen molar-refractivity contribution in [2.75, 3.05) is 6.73 Å². The van der Waals surface area contributed by atoms with Gasteiger partial charge >= 0.3 is 0 Å². The maximum atomic E-state index is 6.20. The minimum atomic E-state index is 0.488. The fourth-order valence-corrected chi connectivity index (χ4v) is 2.38. The number of rotatable bonds is 1. The molecule has 90 valence electrons. The predicted octanol–water partition coefficient (Wildman–Crippen LogP) is 3.76. The molecule has 1 aliphatic heterocycles. The van der Waals surface area contributed by atoms with Crippen molar-refractivity contribution < 1.29 is 9.31 Å². The molecule has 1 aliphatic rings. The van der Waals surface area contributed by atoms with Crippen LogP contribution in [0.4, 0.5) is 5.69 Å². The largest absolute Gasteiger partial charge is 0.435 e. The van der Waals surface area contributed by atoms with Gasteiger partial charge in [-0.1, -0.05) is 35.9 Å². The maximum Gasteiger partial charge on any atom is 0.292 e. The Morgan fingerprint density at radius 2 is 1.94 bits per heavy atom. The van der Waals surface area contributed by atoms with E-state index in [0.29, 0.717) is 6.73 Å². The summed E-state index contributed by atoms with van der Waals surface area (Å²) >= 11 is 6.20. The van der Waals surface area contributed by atoms with Crippen LogP contribution in [-0.4, -0.2) is 17.5 Å². The number of benzene rings is 2. The first-order valence-corrected chi connectivity index (χ1v) is 6.22. The van der Waals surface area contributed by atoms with Gasteiger partial charge in [0.15, 0.2) is 6.21 Å². The lowest BCUT2D eigenvalue weighted by atomic mass is 10.1. The number of hydrogen-bond donors (Lipinski definition) is 0. The van der Waals surface area contributed by atoms with Gasteiger partial charge in [-0.2, -0.15) is 4.58 Å². The molecule has 0 bridgehead atoms. The van der Waals surface area contributed by atoms with E-state index in [1.165, 1.54) is 0 Å². The van der Waals surface area contributed by atoms with Crippen LogP contribution >= 0.6 is 11.6 Å². The van der Waals surface area contributed by atoms with E-state index in [1.807, 2.05) is 41.0 Å².